The lowest BCUT2D eigenvalue weighted by molar-refractivity contribution is -0.152. The predicted octanol–water partition coefficient (Wildman–Crippen LogP) is 4.80. The minimum Gasteiger partial charge on any atom is -0.358 e. The predicted molar refractivity (Wildman–Crippen MR) is 86.3 cm³/mol. The first-order chi connectivity index (χ1) is 11.4. The van der Waals surface area contributed by atoms with Crippen LogP contribution in [0.2, 0.25) is 0 Å². The Balaban J connectivity index is 1.78. The van der Waals surface area contributed by atoms with Gasteiger partial charge in [-0.2, -0.15) is 13.2 Å². The molecule has 130 valence electrons. The fourth-order valence-electron chi connectivity index (χ4n) is 3.31. The average Bonchev–Trinajstić information content (AvgIpc) is 3.38. The number of rotatable bonds is 2. The van der Waals surface area contributed by atoms with Gasteiger partial charge in [0.2, 0.25) is 0 Å². The van der Waals surface area contributed by atoms with E-state index in [1.807, 2.05) is 0 Å². The number of nitrogens with one attached hydrogen (secondary N) is 1. The van der Waals surface area contributed by atoms with E-state index < -0.39 is 18.0 Å². The number of aliphatic imine (C=N–C) groups is 1. The van der Waals surface area contributed by atoms with Crippen molar-refractivity contribution in [2.45, 2.75) is 49.2 Å². The van der Waals surface area contributed by atoms with Crippen molar-refractivity contribution in [2.75, 3.05) is 11.4 Å². The maximum absolute atomic E-state index is 14.0. The van der Waals surface area contributed by atoms with Crippen molar-refractivity contribution in [1.29, 1.82) is 0 Å². The van der Waals surface area contributed by atoms with Crippen molar-refractivity contribution in [3.8, 4) is 0 Å². The minimum absolute atomic E-state index is 0.0410. The van der Waals surface area contributed by atoms with Crippen LogP contribution in [0, 0.1) is 11.7 Å². The monoisotopic (exact) mass is 359 g/mol. The van der Waals surface area contributed by atoms with Gasteiger partial charge in [0.15, 0.2) is 0 Å². The number of nitrogens with zero attached hydrogens (tertiary/aromatic N) is 2. The maximum Gasteiger partial charge on any atom is 0.408 e. The van der Waals surface area contributed by atoms with Crippen LogP contribution in [0.25, 0.3) is 0 Å². The van der Waals surface area contributed by atoms with E-state index in [0.717, 1.165) is 18.7 Å². The first-order valence-corrected chi connectivity index (χ1v) is 8.93. The van der Waals surface area contributed by atoms with Gasteiger partial charge in [-0.15, -0.1) is 0 Å². The number of hydrogen-bond donors (Lipinski definition) is 1. The number of hydrogen-bond acceptors (Lipinski definition) is 4. The Morgan fingerprint density at radius 1 is 1.17 bits per heavy atom. The molecule has 24 heavy (non-hydrogen) atoms. The van der Waals surface area contributed by atoms with Crippen molar-refractivity contribution in [3.63, 3.8) is 0 Å². The van der Waals surface area contributed by atoms with Gasteiger partial charge < -0.3 is 9.62 Å². The number of alkyl halides is 3. The van der Waals surface area contributed by atoms with Crippen LogP contribution in [-0.2, 0) is 0 Å². The SMILES string of the molecule is Fc1cc2c(c(N3CCCC[C@H]3C(F)(F)F)c1)N=C(C1CC1)NS2. The molecule has 0 unspecified atom stereocenters. The van der Waals surface area contributed by atoms with Gasteiger partial charge in [0.05, 0.1) is 10.6 Å². The van der Waals surface area contributed by atoms with Crippen LogP contribution in [0.3, 0.4) is 0 Å². The molecule has 0 bridgehead atoms. The summed E-state index contributed by atoms with van der Waals surface area (Å²) in [4.78, 5) is 6.39. The second kappa shape index (κ2) is 5.82. The van der Waals surface area contributed by atoms with E-state index in [-0.39, 0.29) is 18.7 Å². The summed E-state index contributed by atoms with van der Waals surface area (Å²) in [5, 5.41) is 0. The molecule has 1 aliphatic carbocycles. The normalized spacial score (nSPS) is 24.2. The summed E-state index contributed by atoms with van der Waals surface area (Å²) in [6.45, 7) is 0.270. The summed E-state index contributed by atoms with van der Waals surface area (Å²) in [7, 11) is 0. The molecule has 1 saturated carbocycles. The summed E-state index contributed by atoms with van der Waals surface area (Å²) in [5.41, 5.74) is 0.734. The molecule has 2 aliphatic heterocycles. The highest BCUT2D eigenvalue weighted by atomic mass is 32.2. The molecule has 0 spiro atoms. The van der Waals surface area contributed by atoms with Crippen molar-refractivity contribution in [3.05, 3.63) is 17.9 Å². The Hall–Kier alpha value is -1.44. The summed E-state index contributed by atoms with van der Waals surface area (Å²) < 4.78 is 57.4. The summed E-state index contributed by atoms with van der Waals surface area (Å²) in [5.74, 6) is 0.610. The molecule has 0 amide bonds. The number of piperidine rings is 1. The molecule has 2 heterocycles. The average molecular weight is 359 g/mol. The van der Waals surface area contributed by atoms with E-state index in [4.69, 9.17) is 0 Å². The van der Waals surface area contributed by atoms with E-state index >= 15 is 0 Å². The zero-order chi connectivity index (χ0) is 16.9. The number of benzene rings is 1. The number of fused-ring (bicyclic) bond motifs is 1. The van der Waals surface area contributed by atoms with Gasteiger partial charge in [0.1, 0.15) is 23.4 Å². The van der Waals surface area contributed by atoms with Crippen LogP contribution < -0.4 is 9.62 Å². The van der Waals surface area contributed by atoms with Gasteiger partial charge in [-0.1, -0.05) is 0 Å². The van der Waals surface area contributed by atoms with Crippen LogP contribution in [0.15, 0.2) is 22.0 Å². The lowest BCUT2D eigenvalue weighted by atomic mass is 10.00. The molecule has 0 aromatic heterocycles. The Bertz CT molecular complexity index is 685. The standard InChI is InChI=1S/C16H17F4N3S/c17-10-7-11(23-6-2-1-3-13(23)16(18,19)20)14-12(8-10)24-22-15(21-14)9-4-5-9/h7-9,13H,1-6H2,(H,21,22)/t13-/m0/s1. The van der Waals surface area contributed by atoms with Gasteiger partial charge >= 0.3 is 6.18 Å². The molecule has 4 rings (SSSR count). The quantitative estimate of drug-likeness (QED) is 0.607. The summed E-state index contributed by atoms with van der Waals surface area (Å²) in [6, 6.07) is 0.954. The summed E-state index contributed by atoms with van der Waals surface area (Å²) in [6.07, 6.45) is -1.02. The molecule has 8 heteroatoms. The molecule has 1 N–H and O–H groups in total. The molecular formula is C16H17F4N3S. The third-order valence-electron chi connectivity index (χ3n) is 4.67. The fourth-order valence-corrected chi connectivity index (χ4v) is 4.16. The molecule has 3 aliphatic rings. The van der Waals surface area contributed by atoms with E-state index in [0.29, 0.717) is 29.3 Å². The largest absolute Gasteiger partial charge is 0.408 e. The molecular weight excluding hydrogens is 342 g/mol. The van der Waals surface area contributed by atoms with Gasteiger partial charge in [-0.05, 0) is 56.2 Å². The highest BCUT2D eigenvalue weighted by Gasteiger charge is 2.45. The molecule has 1 atom stereocenters. The van der Waals surface area contributed by atoms with Gasteiger partial charge in [0.25, 0.3) is 0 Å². The summed E-state index contributed by atoms with van der Waals surface area (Å²) >= 11 is 1.24. The van der Waals surface area contributed by atoms with Crippen LogP contribution >= 0.6 is 11.9 Å². The number of anilines is 1. The lowest BCUT2D eigenvalue weighted by Gasteiger charge is -2.39. The highest BCUT2D eigenvalue weighted by molar-refractivity contribution is 7.98. The van der Waals surface area contributed by atoms with Crippen LogP contribution in [-0.4, -0.2) is 24.6 Å². The Kier molecular flexibility index (Phi) is 3.89. The molecule has 2 fully saturated rings. The Morgan fingerprint density at radius 3 is 2.67 bits per heavy atom. The third kappa shape index (κ3) is 2.96. The molecule has 3 nitrogen and oxygen atoms in total. The first kappa shape index (κ1) is 16.1. The number of halogens is 4. The van der Waals surface area contributed by atoms with E-state index in [9.17, 15) is 17.6 Å². The minimum atomic E-state index is -4.33. The van der Waals surface area contributed by atoms with Crippen LogP contribution in [0.5, 0.6) is 0 Å². The van der Waals surface area contributed by atoms with E-state index in [2.05, 4.69) is 9.71 Å². The van der Waals surface area contributed by atoms with Crippen molar-refractivity contribution >= 4 is 29.2 Å². The lowest BCUT2D eigenvalue weighted by Crippen LogP contribution is -2.49. The van der Waals surface area contributed by atoms with Crippen molar-refractivity contribution in [1.82, 2.24) is 4.72 Å². The smallest absolute Gasteiger partial charge is 0.358 e. The van der Waals surface area contributed by atoms with E-state index in [1.165, 1.54) is 29.0 Å². The molecule has 1 aromatic rings. The molecule has 0 radical (unpaired) electrons. The van der Waals surface area contributed by atoms with Crippen LogP contribution in [0.1, 0.15) is 32.1 Å². The topological polar surface area (TPSA) is 27.6 Å². The van der Waals surface area contributed by atoms with Gasteiger partial charge in [-0.25, -0.2) is 9.38 Å². The van der Waals surface area contributed by atoms with E-state index in [1.54, 1.807) is 0 Å². The van der Waals surface area contributed by atoms with Crippen molar-refractivity contribution < 1.29 is 17.6 Å². The van der Waals surface area contributed by atoms with Crippen LogP contribution in [0.4, 0.5) is 28.9 Å². The highest BCUT2D eigenvalue weighted by Crippen LogP contribution is 2.46. The maximum atomic E-state index is 14.0. The zero-order valence-electron chi connectivity index (χ0n) is 12.9. The van der Waals surface area contributed by atoms with Crippen molar-refractivity contribution in [2.24, 2.45) is 10.9 Å². The van der Waals surface area contributed by atoms with Gasteiger partial charge in [-0.3, -0.25) is 0 Å². The Labute approximate surface area is 141 Å². The number of amidine groups is 1. The Morgan fingerprint density at radius 2 is 1.96 bits per heavy atom. The second-order valence-electron chi connectivity index (χ2n) is 6.49. The first-order valence-electron chi connectivity index (χ1n) is 8.12. The third-order valence-corrected chi connectivity index (χ3v) is 5.51. The zero-order valence-corrected chi connectivity index (χ0v) is 13.7. The van der Waals surface area contributed by atoms with Gasteiger partial charge in [0, 0.05) is 12.5 Å². The molecule has 1 saturated heterocycles. The second-order valence-corrected chi connectivity index (χ2v) is 7.34. The molecule has 1 aromatic carbocycles. The fraction of sp³-hybridized carbons (Fsp3) is 0.562.